The fraction of sp³-hybridized carbons (Fsp3) is 0.500. The number of amides is 1. The number of thiol groups is 1. The van der Waals surface area contributed by atoms with E-state index in [0.29, 0.717) is 11.0 Å². The van der Waals surface area contributed by atoms with E-state index in [2.05, 4.69) is 27.8 Å². The molecule has 0 spiro atoms. The predicted octanol–water partition coefficient (Wildman–Crippen LogP) is -0.276. The second-order valence-corrected chi connectivity index (χ2v) is 2.96. The molecule has 0 aliphatic carbocycles. The van der Waals surface area contributed by atoms with E-state index in [4.69, 9.17) is 0 Å². The summed E-state index contributed by atoms with van der Waals surface area (Å²) in [7, 11) is 3.38. The Kier molecular flexibility index (Phi) is 2.69. The van der Waals surface area contributed by atoms with Gasteiger partial charge in [-0.3, -0.25) is 9.89 Å². The van der Waals surface area contributed by atoms with Crippen LogP contribution in [0.4, 0.5) is 0 Å². The summed E-state index contributed by atoms with van der Waals surface area (Å²) in [6, 6.07) is 0. The fourth-order valence-electron chi connectivity index (χ4n) is 0.659. The quantitative estimate of drug-likeness (QED) is 0.625. The van der Waals surface area contributed by atoms with Crippen molar-refractivity contribution in [2.24, 2.45) is 0 Å². The Balaban J connectivity index is 2.58. The molecule has 0 unspecified atom stereocenters. The van der Waals surface area contributed by atoms with Crippen molar-refractivity contribution in [3.63, 3.8) is 0 Å². The molecule has 66 valence electrons. The highest BCUT2D eigenvalue weighted by molar-refractivity contribution is 7.80. The number of H-pyrrole nitrogens is 1. The van der Waals surface area contributed by atoms with E-state index in [9.17, 15) is 4.79 Å². The Hall–Kier alpha value is -1.04. The van der Waals surface area contributed by atoms with E-state index in [0.717, 1.165) is 0 Å². The van der Waals surface area contributed by atoms with Crippen LogP contribution in [0.3, 0.4) is 0 Å². The summed E-state index contributed by atoms with van der Waals surface area (Å²) in [4.78, 5) is 16.5. The lowest BCUT2D eigenvalue weighted by atomic mass is 10.4. The van der Waals surface area contributed by atoms with E-state index < -0.39 is 0 Å². The van der Waals surface area contributed by atoms with Crippen molar-refractivity contribution in [2.75, 3.05) is 14.1 Å². The molecule has 12 heavy (non-hydrogen) atoms. The number of rotatable bonds is 2. The number of hydrogen-bond donors (Lipinski definition) is 2. The molecule has 1 aromatic rings. The van der Waals surface area contributed by atoms with Crippen LogP contribution in [0.15, 0.2) is 5.16 Å². The normalized spacial score (nSPS) is 9.92. The van der Waals surface area contributed by atoms with Gasteiger partial charge in [0.05, 0.1) is 6.42 Å². The molecule has 0 aromatic carbocycles. The standard InChI is InChI=1S/C6H10N4OS/c1-10(2)5(11)3-4-7-6(12)9-8-4/h3H2,1-2H3,(H2,7,8,9,12). The van der Waals surface area contributed by atoms with Gasteiger partial charge < -0.3 is 4.90 Å². The van der Waals surface area contributed by atoms with Crippen LogP contribution < -0.4 is 0 Å². The Bertz CT molecular complexity index is 283. The topological polar surface area (TPSA) is 61.9 Å². The first-order valence-electron chi connectivity index (χ1n) is 3.40. The molecule has 0 aliphatic heterocycles. The van der Waals surface area contributed by atoms with Crippen molar-refractivity contribution in [3.05, 3.63) is 5.82 Å². The van der Waals surface area contributed by atoms with Gasteiger partial charge in [0.25, 0.3) is 0 Å². The lowest BCUT2D eigenvalue weighted by Crippen LogP contribution is -2.23. The van der Waals surface area contributed by atoms with Gasteiger partial charge in [-0.1, -0.05) is 0 Å². The van der Waals surface area contributed by atoms with Gasteiger partial charge in [0.15, 0.2) is 11.0 Å². The molecule has 1 amide bonds. The molecule has 0 bridgehead atoms. The van der Waals surface area contributed by atoms with Gasteiger partial charge >= 0.3 is 0 Å². The first-order valence-corrected chi connectivity index (χ1v) is 3.84. The third-order valence-corrected chi connectivity index (χ3v) is 1.53. The molecular weight excluding hydrogens is 176 g/mol. The van der Waals surface area contributed by atoms with E-state index in [1.807, 2.05) is 0 Å². The van der Waals surface area contributed by atoms with E-state index in [-0.39, 0.29) is 12.3 Å². The van der Waals surface area contributed by atoms with Crippen molar-refractivity contribution < 1.29 is 4.79 Å². The molecule has 0 fully saturated rings. The molecule has 0 radical (unpaired) electrons. The zero-order valence-electron chi connectivity index (χ0n) is 6.90. The van der Waals surface area contributed by atoms with Gasteiger partial charge in [-0.2, -0.15) is 5.10 Å². The van der Waals surface area contributed by atoms with Crippen molar-refractivity contribution in [1.82, 2.24) is 20.1 Å². The minimum atomic E-state index is -0.0256. The van der Waals surface area contributed by atoms with Gasteiger partial charge in [0, 0.05) is 14.1 Å². The summed E-state index contributed by atoms with van der Waals surface area (Å²) < 4.78 is 0. The zero-order valence-corrected chi connectivity index (χ0v) is 7.80. The van der Waals surface area contributed by atoms with Gasteiger partial charge in [-0.25, -0.2) is 4.98 Å². The minimum absolute atomic E-state index is 0.0256. The number of nitrogens with zero attached hydrogens (tertiary/aromatic N) is 3. The summed E-state index contributed by atoms with van der Waals surface area (Å²) in [6.07, 6.45) is 0.212. The molecule has 1 N–H and O–H groups in total. The number of likely N-dealkylation sites (N-methyl/N-ethyl adjacent to an activating group) is 1. The second kappa shape index (κ2) is 3.57. The molecule has 1 heterocycles. The molecule has 0 aliphatic rings. The van der Waals surface area contributed by atoms with Crippen molar-refractivity contribution in [3.8, 4) is 0 Å². The van der Waals surface area contributed by atoms with E-state index >= 15 is 0 Å². The third-order valence-electron chi connectivity index (χ3n) is 1.33. The summed E-state index contributed by atoms with van der Waals surface area (Å²) >= 11 is 3.93. The molecule has 6 heteroatoms. The molecule has 1 rings (SSSR count). The smallest absolute Gasteiger partial charge is 0.229 e. The number of carbonyl (C=O) groups excluding carboxylic acids is 1. The van der Waals surface area contributed by atoms with Crippen LogP contribution >= 0.6 is 12.6 Å². The summed E-state index contributed by atoms with van der Waals surface area (Å²) in [5.74, 6) is 0.445. The third kappa shape index (κ3) is 2.23. The Morgan fingerprint density at radius 2 is 2.33 bits per heavy atom. The first-order chi connectivity index (χ1) is 5.59. The highest BCUT2D eigenvalue weighted by Crippen LogP contribution is 1.98. The SMILES string of the molecule is CN(C)C(=O)Cc1n[nH]c(S)n1. The number of carbonyl (C=O) groups is 1. The van der Waals surface area contributed by atoms with Gasteiger partial charge in [-0.15, -0.1) is 12.6 Å². The Labute approximate surface area is 75.6 Å². The first kappa shape index (κ1) is 9.05. The molecule has 1 aromatic heterocycles. The predicted molar refractivity (Wildman–Crippen MR) is 46.0 cm³/mol. The molecule has 0 atom stereocenters. The second-order valence-electron chi connectivity index (χ2n) is 2.54. The minimum Gasteiger partial charge on any atom is -0.348 e. The van der Waals surface area contributed by atoms with Crippen LogP contribution in [-0.2, 0) is 11.2 Å². The van der Waals surface area contributed by atoms with E-state index in [1.54, 1.807) is 14.1 Å². The molecule has 0 saturated carbocycles. The van der Waals surface area contributed by atoms with Crippen LogP contribution in [0, 0.1) is 0 Å². The maximum Gasteiger partial charge on any atom is 0.229 e. The number of aromatic nitrogens is 3. The van der Waals surface area contributed by atoms with Crippen LogP contribution in [0.5, 0.6) is 0 Å². The number of hydrogen-bond acceptors (Lipinski definition) is 4. The largest absolute Gasteiger partial charge is 0.348 e. The average molecular weight is 186 g/mol. The summed E-state index contributed by atoms with van der Waals surface area (Å²) in [5, 5.41) is 6.75. The molecular formula is C6H10N4OS. The molecule has 5 nitrogen and oxygen atoms in total. The van der Waals surface area contributed by atoms with Crippen molar-refractivity contribution in [2.45, 2.75) is 11.6 Å². The van der Waals surface area contributed by atoms with Gasteiger partial charge in [0.1, 0.15) is 0 Å². The fourth-order valence-corrected chi connectivity index (χ4v) is 0.825. The van der Waals surface area contributed by atoms with Crippen LogP contribution in [-0.4, -0.2) is 40.1 Å². The highest BCUT2D eigenvalue weighted by atomic mass is 32.1. The Morgan fingerprint density at radius 3 is 2.75 bits per heavy atom. The van der Waals surface area contributed by atoms with Crippen LogP contribution in [0.2, 0.25) is 0 Å². The lowest BCUT2D eigenvalue weighted by Gasteiger charge is -2.07. The van der Waals surface area contributed by atoms with Crippen LogP contribution in [0.25, 0.3) is 0 Å². The average Bonchev–Trinajstić information content (AvgIpc) is 2.35. The highest BCUT2D eigenvalue weighted by Gasteiger charge is 2.08. The maximum absolute atomic E-state index is 11.1. The molecule has 0 saturated heterocycles. The van der Waals surface area contributed by atoms with Crippen LogP contribution in [0.1, 0.15) is 5.82 Å². The zero-order chi connectivity index (χ0) is 9.14. The van der Waals surface area contributed by atoms with Crippen molar-refractivity contribution >= 4 is 18.5 Å². The Morgan fingerprint density at radius 1 is 1.67 bits per heavy atom. The monoisotopic (exact) mass is 186 g/mol. The van der Waals surface area contributed by atoms with E-state index in [1.165, 1.54) is 4.90 Å². The maximum atomic E-state index is 11.1. The summed E-state index contributed by atoms with van der Waals surface area (Å²) in [6.45, 7) is 0. The van der Waals surface area contributed by atoms with Crippen molar-refractivity contribution in [1.29, 1.82) is 0 Å². The summed E-state index contributed by atoms with van der Waals surface area (Å²) in [5.41, 5.74) is 0. The van der Waals surface area contributed by atoms with Gasteiger partial charge in [-0.05, 0) is 0 Å². The number of aromatic amines is 1. The number of nitrogens with one attached hydrogen (secondary N) is 1. The van der Waals surface area contributed by atoms with Gasteiger partial charge in [0.2, 0.25) is 5.91 Å². The lowest BCUT2D eigenvalue weighted by molar-refractivity contribution is -0.128.